The zero-order valence-electron chi connectivity index (χ0n) is 14.8. The number of fused-ring (bicyclic) bond motifs is 1. The maximum Gasteiger partial charge on any atom is 0.213 e. The number of nitrogens with zero attached hydrogens (tertiary/aromatic N) is 3. The second-order valence-electron chi connectivity index (χ2n) is 7.58. The Hall–Kier alpha value is -2.01. The fourth-order valence-electron chi connectivity index (χ4n) is 2.68. The maximum atomic E-state index is 11.6. The molecule has 0 spiro atoms. The number of carbonyl (C=O) groups excluding carboxylic acids is 1. The SMILES string of the molecule is CC(C)Cc1nn2c(C=O)c(-c3ccc(C(C)(C)C)cc3)nc2s1. The lowest BCUT2D eigenvalue weighted by Crippen LogP contribution is -2.10. The third-order valence-electron chi connectivity index (χ3n) is 4.00. The van der Waals surface area contributed by atoms with Gasteiger partial charge in [-0.25, -0.2) is 4.98 Å². The smallest absolute Gasteiger partial charge is 0.213 e. The molecule has 0 aliphatic heterocycles. The highest BCUT2D eigenvalue weighted by Gasteiger charge is 2.19. The predicted molar refractivity (Wildman–Crippen MR) is 98.9 cm³/mol. The first-order chi connectivity index (χ1) is 11.3. The van der Waals surface area contributed by atoms with E-state index in [9.17, 15) is 4.79 Å². The van der Waals surface area contributed by atoms with E-state index in [1.165, 1.54) is 5.56 Å². The van der Waals surface area contributed by atoms with Crippen LogP contribution in [0.5, 0.6) is 0 Å². The van der Waals surface area contributed by atoms with Crippen molar-refractivity contribution in [1.29, 1.82) is 0 Å². The van der Waals surface area contributed by atoms with Crippen LogP contribution in [0.2, 0.25) is 0 Å². The number of hydrogen-bond acceptors (Lipinski definition) is 4. The third-order valence-corrected chi connectivity index (χ3v) is 4.93. The number of aromatic nitrogens is 3. The van der Waals surface area contributed by atoms with E-state index >= 15 is 0 Å². The number of hydrogen-bond donors (Lipinski definition) is 0. The second-order valence-corrected chi connectivity index (χ2v) is 8.62. The van der Waals surface area contributed by atoms with Crippen LogP contribution in [0.25, 0.3) is 16.2 Å². The summed E-state index contributed by atoms with van der Waals surface area (Å²) in [6.45, 7) is 10.9. The van der Waals surface area contributed by atoms with Crippen molar-refractivity contribution >= 4 is 22.6 Å². The lowest BCUT2D eigenvalue weighted by atomic mass is 9.86. The van der Waals surface area contributed by atoms with Gasteiger partial charge in [-0.3, -0.25) is 4.79 Å². The van der Waals surface area contributed by atoms with Crippen LogP contribution in [-0.4, -0.2) is 20.9 Å². The minimum atomic E-state index is 0.105. The number of imidazole rings is 1. The quantitative estimate of drug-likeness (QED) is 0.642. The highest BCUT2D eigenvalue weighted by molar-refractivity contribution is 7.16. The molecule has 0 aliphatic carbocycles. The molecule has 0 radical (unpaired) electrons. The van der Waals surface area contributed by atoms with Crippen molar-refractivity contribution in [2.75, 3.05) is 0 Å². The van der Waals surface area contributed by atoms with Gasteiger partial charge in [0.15, 0.2) is 6.29 Å². The molecule has 3 aromatic rings. The number of aldehydes is 1. The van der Waals surface area contributed by atoms with Crippen molar-refractivity contribution in [2.45, 2.75) is 46.5 Å². The summed E-state index contributed by atoms with van der Waals surface area (Å²) in [4.78, 5) is 17.1. The normalized spacial score (nSPS) is 12.2. The van der Waals surface area contributed by atoms with Crippen LogP contribution in [0.1, 0.15) is 55.7 Å². The van der Waals surface area contributed by atoms with Crippen molar-refractivity contribution in [2.24, 2.45) is 5.92 Å². The van der Waals surface area contributed by atoms with Gasteiger partial charge in [0, 0.05) is 12.0 Å². The largest absolute Gasteiger partial charge is 0.296 e. The second kappa shape index (κ2) is 6.13. The molecule has 0 fully saturated rings. The highest BCUT2D eigenvalue weighted by atomic mass is 32.1. The molecule has 2 aromatic heterocycles. The predicted octanol–water partition coefficient (Wildman–Crippen LogP) is 4.77. The Kier molecular flexibility index (Phi) is 4.30. The molecule has 0 saturated heterocycles. The Morgan fingerprint density at radius 1 is 1.21 bits per heavy atom. The monoisotopic (exact) mass is 341 g/mol. The molecule has 4 nitrogen and oxygen atoms in total. The highest BCUT2D eigenvalue weighted by Crippen LogP contribution is 2.29. The maximum absolute atomic E-state index is 11.6. The van der Waals surface area contributed by atoms with Gasteiger partial charge in [0.1, 0.15) is 16.4 Å². The van der Waals surface area contributed by atoms with E-state index in [-0.39, 0.29) is 5.41 Å². The summed E-state index contributed by atoms with van der Waals surface area (Å²) in [5, 5.41) is 5.59. The van der Waals surface area contributed by atoms with Gasteiger partial charge in [-0.2, -0.15) is 9.61 Å². The molecule has 2 heterocycles. The Morgan fingerprint density at radius 2 is 1.88 bits per heavy atom. The lowest BCUT2D eigenvalue weighted by molar-refractivity contribution is 0.111. The van der Waals surface area contributed by atoms with Gasteiger partial charge < -0.3 is 0 Å². The lowest BCUT2D eigenvalue weighted by Gasteiger charge is -2.18. The van der Waals surface area contributed by atoms with E-state index in [1.807, 2.05) is 12.1 Å². The standard InChI is InChI=1S/C19H23N3OS/c1-12(2)10-16-21-22-15(11-23)17(20-18(22)24-16)13-6-8-14(9-7-13)19(3,4)5/h6-9,11-12H,10H2,1-5H3. The molecule has 1 aromatic carbocycles. The van der Waals surface area contributed by atoms with Crippen LogP contribution in [0, 0.1) is 5.92 Å². The average molecular weight is 341 g/mol. The van der Waals surface area contributed by atoms with Crippen molar-refractivity contribution in [3.63, 3.8) is 0 Å². The van der Waals surface area contributed by atoms with Gasteiger partial charge >= 0.3 is 0 Å². The van der Waals surface area contributed by atoms with Crippen molar-refractivity contribution < 1.29 is 4.79 Å². The summed E-state index contributed by atoms with van der Waals surface area (Å²) in [6, 6.07) is 8.29. The van der Waals surface area contributed by atoms with Crippen LogP contribution in [-0.2, 0) is 11.8 Å². The van der Waals surface area contributed by atoms with E-state index in [0.29, 0.717) is 17.3 Å². The molecule has 5 heteroatoms. The molecular weight excluding hydrogens is 318 g/mol. The minimum absolute atomic E-state index is 0.105. The molecule has 3 rings (SSSR count). The Bertz CT molecular complexity index is 867. The van der Waals surface area contributed by atoms with Gasteiger partial charge in [-0.05, 0) is 16.9 Å². The first kappa shape index (κ1) is 16.8. The number of carbonyl (C=O) groups is 1. The topological polar surface area (TPSA) is 47.3 Å². The molecular formula is C19H23N3OS. The van der Waals surface area contributed by atoms with E-state index in [2.05, 4.69) is 56.8 Å². The van der Waals surface area contributed by atoms with Crippen molar-refractivity contribution in [1.82, 2.24) is 14.6 Å². The van der Waals surface area contributed by atoms with Crippen LogP contribution >= 0.6 is 11.3 Å². The first-order valence-corrected chi connectivity index (χ1v) is 9.06. The fraction of sp³-hybridized carbons (Fsp3) is 0.421. The molecule has 0 N–H and O–H groups in total. The van der Waals surface area contributed by atoms with E-state index in [4.69, 9.17) is 0 Å². The molecule has 24 heavy (non-hydrogen) atoms. The molecule has 0 aliphatic rings. The van der Waals surface area contributed by atoms with Crippen molar-refractivity contribution in [3.05, 3.63) is 40.5 Å². The Morgan fingerprint density at radius 3 is 2.42 bits per heavy atom. The first-order valence-electron chi connectivity index (χ1n) is 8.24. The summed E-state index contributed by atoms with van der Waals surface area (Å²) >= 11 is 1.56. The van der Waals surface area contributed by atoms with Crippen LogP contribution in [0.3, 0.4) is 0 Å². The van der Waals surface area contributed by atoms with Crippen LogP contribution in [0.15, 0.2) is 24.3 Å². The zero-order chi connectivity index (χ0) is 17.5. The number of benzene rings is 1. The fourth-order valence-corrected chi connectivity index (χ4v) is 3.79. The summed E-state index contributed by atoms with van der Waals surface area (Å²) in [5.41, 5.74) is 3.55. The summed E-state index contributed by atoms with van der Waals surface area (Å²) in [6.07, 6.45) is 1.76. The van der Waals surface area contributed by atoms with Gasteiger partial charge in [-0.1, -0.05) is 70.2 Å². The summed E-state index contributed by atoms with van der Waals surface area (Å²) in [5.74, 6) is 0.532. The van der Waals surface area contributed by atoms with Gasteiger partial charge in [0.25, 0.3) is 0 Å². The minimum Gasteiger partial charge on any atom is -0.296 e. The molecule has 0 unspecified atom stereocenters. The summed E-state index contributed by atoms with van der Waals surface area (Å²) in [7, 11) is 0. The van der Waals surface area contributed by atoms with Gasteiger partial charge in [0.2, 0.25) is 4.96 Å². The summed E-state index contributed by atoms with van der Waals surface area (Å²) < 4.78 is 1.68. The van der Waals surface area contributed by atoms with Gasteiger partial charge in [0.05, 0.1) is 0 Å². The van der Waals surface area contributed by atoms with E-state index in [1.54, 1.807) is 15.9 Å². The zero-order valence-corrected chi connectivity index (χ0v) is 15.6. The van der Waals surface area contributed by atoms with Crippen molar-refractivity contribution in [3.8, 4) is 11.3 Å². The molecule has 126 valence electrons. The van der Waals surface area contributed by atoms with Crippen LogP contribution < -0.4 is 0 Å². The Balaban J connectivity index is 2.03. The molecule has 0 bridgehead atoms. The van der Waals surface area contributed by atoms with Crippen LogP contribution in [0.4, 0.5) is 0 Å². The van der Waals surface area contributed by atoms with E-state index in [0.717, 1.165) is 28.2 Å². The molecule has 0 amide bonds. The third kappa shape index (κ3) is 3.13. The Labute approximate surface area is 146 Å². The number of rotatable bonds is 4. The average Bonchev–Trinajstić information content (AvgIpc) is 3.02. The van der Waals surface area contributed by atoms with Gasteiger partial charge in [-0.15, -0.1) is 0 Å². The molecule has 0 saturated carbocycles. The van der Waals surface area contributed by atoms with E-state index < -0.39 is 0 Å². The molecule has 0 atom stereocenters.